The molecule has 0 spiro atoms. The van der Waals surface area contributed by atoms with E-state index in [1.807, 2.05) is 25.2 Å². The number of nitrogens with one attached hydrogen (secondary N) is 3. The van der Waals surface area contributed by atoms with Gasteiger partial charge in [-0.25, -0.2) is 14.4 Å². The number of nitrogens with zero attached hydrogens (tertiary/aromatic N) is 3. The standard InChI is InChI=1S/C26H27FN6O2/c1-28-14-16-2-4-19(20(27)12-16)22-13-23(25-21(31-22)6-9-29-26(25)35)32-24-5-3-17(15-30-24)33-10-7-18(34)8-11-33/h2-6,9,12-13,15,18,28,34H,7-8,10-11,14H2,1H3,(H,29,35)(H,30,31,32). The van der Waals surface area contributed by atoms with Gasteiger partial charge in [0.25, 0.3) is 5.56 Å². The SMILES string of the molecule is CNCc1ccc(-c2cc(Nc3ccc(N4CCC(O)CC4)cn3)c3c(=O)[nH]ccc3n2)c(F)c1. The lowest BCUT2D eigenvalue weighted by Crippen LogP contribution is -2.35. The maximum atomic E-state index is 15.0. The maximum absolute atomic E-state index is 15.0. The lowest BCUT2D eigenvalue weighted by molar-refractivity contribution is 0.145. The number of hydrogen-bond donors (Lipinski definition) is 4. The van der Waals surface area contributed by atoms with Gasteiger partial charge in [-0.1, -0.05) is 6.07 Å². The highest BCUT2D eigenvalue weighted by atomic mass is 19.1. The third-order valence-corrected chi connectivity index (χ3v) is 6.26. The number of piperidine rings is 1. The van der Waals surface area contributed by atoms with Crippen molar-refractivity contribution in [2.24, 2.45) is 0 Å². The van der Waals surface area contributed by atoms with Crippen LogP contribution in [0.3, 0.4) is 0 Å². The van der Waals surface area contributed by atoms with E-state index in [1.54, 1.807) is 24.4 Å². The third-order valence-electron chi connectivity index (χ3n) is 6.26. The first-order chi connectivity index (χ1) is 17.0. The van der Waals surface area contributed by atoms with Gasteiger partial charge in [0, 0.05) is 31.4 Å². The van der Waals surface area contributed by atoms with Crippen LogP contribution >= 0.6 is 0 Å². The summed E-state index contributed by atoms with van der Waals surface area (Å²) in [6.45, 7) is 2.12. The molecule has 1 saturated heterocycles. The van der Waals surface area contributed by atoms with Gasteiger partial charge in [0.15, 0.2) is 0 Å². The van der Waals surface area contributed by atoms with Gasteiger partial charge < -0.3 is 25.6 Å². The molecule has 0 aliphatic carbocycles. The van der Waals surface area contributed by atoms with Crippen molar-refractivity contribution in [3.8, 4) is 11.3 Å². The summed E-state index contributed by atoms with van der Waals surface area (Å²) in [4.78, 5) is 26.6. The van der Waals surface area contributed by atoms with E-state index in [4.69, 9.17) is 0 Å². The topological polar surface area (TPSA) is 106 Å². The Morgan fingerprint density at radius 2 is 2.00 bits per heavy atom. The number of hydrogen-bond acceptors (Lipinski definition) is 7. The molecule has 4 heterocycles. The number of pyridine rings is 3. The molecule has 0 amide bonds. The zero-order valence-corrected chi connectivity index (χ0v) is 19.4. The molecule has 0 unspecified atom stereocenters. The zero-order chi connectivity index (χ0) is 24.4. The van der Waals surface area contributed by atoms with Crippen molar-refractivity contribution in [2.45, 2.75) is 25.5 Å². The Hall–Kier alpha value is -3.82. The van der Waals surface area contributed by atoms with Gasteiger partial charge in [0.2, 0.25) is 0 Å². The van der Waals surface area contributed by atoms with E-state index in [1.165, 1.54) is 12.3 Å². The molecule has 1 aliphatic rings. The Bertz CT molecular complexity index is 1400. The summed E-state index contributed by atoms with van der Waals surface area (Å²) in [6, 6.07) is 12.2. The molecule has 4 N–H and O–H groups in total. The van der Waals surface area contributed by atoms with Crippen LogP contribution in [0.4, 0.5) is 21.6 Å². The van der Waals surface area contributed by atoms with Crippen molar-refractivity contribution in [1.82, 2.24) is 20.3 Å². The van der Waals surface area contributed by atoms with Gasteiger partial charge in [-0.2, -0.15) is 0 Å². The molecule has 3 aromatic heterocycles. The largest absolute Gasteiger partial charge is 0.393 e. The molecule has 1 aliphatic heterocycles. The number of aliphatic hydroxyl groups excluding tert-OH is 1. The number of H-pyrrole nitrogens is 1. The van der Waals surface area contributed by atoms with Gasteiger partial charge >= 0.3 is 0 Å². The minimum absolute atomic E-state index is 0.239. The monoisotopic (exact) mass is 474 g/mol. The van der Waals surface area contributed by atoms with Crippen molar-refractivity contribution < 1.29 is 9.50 Å². The number of benzene rings is 1. The van der Waals surface area contributed by atoms with Gasteiger partial charge in [-0.3, -0.25) is 4.79 Å². The van der Waals surface area contributed by atoms with Crippen molar-refractivity contribution in [3.05, 3.63) is 76.6 Å². The summed E-state index contributed by atoms with van der Waals surface area (Å²) in [5.41, 5.74) is 3.23. The second kappa shape index (κ2) is 9.81. The van der Waals surface area contributed by atoms with Gasteiger partial charge in [-0.05, 0) is 61.9 Å². The minimum Gasteiger partial charge on any atom is -0.393 e. The zero-order valence-electron chi connectivity index (χ0n) is 19.4. The van der Waals surface area contributed by atoms with E-state index in [9.17, 15) is 14.3 Å². The quantitative estimate of drug-likeness (QED) is 0.339. The highest BCUT2D eigenvalue weighted by Crippen LogP contribution is 2.30. The predicted molar refractivity (Wildman–Crippen MR) is 135 cm³/mol. The smallest absolute Gasteiger partial charge is 0.259 e. The predicted octanol–water partition coefficient (Wildman–Crippen LogP) is 3.55. The van der Waals surface area contributed by atoms with Crippen molar-refractivity contribution in [2.75, 3.05) is 30.4 Å². The van der Waals surface area contributed by atoms with Crippen molar-refractivity contribution >= 4 is 28.1 Å². The summed E-state index contributed by atoms with van der Waals surface area (Å²) in [6.07, 6.45) is 4.54. The fourth-order valence-corrected chi connectivity index (χ4v) is 4.42. The molecule has 0 atom stereocenters. The first kappa shape index (κ1) is 22.9. The van der Waals surface area contributed by atoms with E-state index < -0.39 is 0 Å². The molecule has 8 nitrogen and oxygen atoms in total. The summed E-state index contributed by atoms with van der Waals surface area (Å²) in [5, 5.41) is 16.3. The first-order valence-electron chi connectivity index (χ1n) is 11.6. The maximum Gasteiger partial charge on any atom is 0.259 e. The van der Waals surface area contributed by atoms with Crippen LogP contribution in [0.5, 0.6) is 0 Å². The van der Waals surface area contributed by atoms with E-state index in [0.717, 1.165) is 37.2 Å². The van der Waals surface area contributed by atoms with E-state index >= 15 is 0 Å². The number of aliphatic hydroxyl groups is 1. The van der Waals surface area contributed by atoms with Crippen molar-refractivity contribution in [1.29, 1.82) is 0 Å². The molecule has 0 radical (unpaired) electrons. The van der Waals surface area contributed by atoms with E-state index in [0.29, 0.717) is 40.2 Å². The summed E-state index contributed by atoms with van der Waals surface area (Å²) in [7, 11) is 1.81. The highest BCUT2D eigenvalue weighted by molar-refractivity contribution is 5.94. The van der Waals surface area contributed by atoms with Crippen LogP contribution in [0.1, 0.15) is 18.4 Å². The first-order valence-corrected chi connectivity index (χ1v) is 11.6. The van der Waals surface area contributed by atoms with Crippen LogP contribution in [0.15, 0.2) is 59.7 Å². The van der Waals surface area contributed by atoms with Crippen LogP contribution in [0.2, 0.25) is 0 Å². The van der Waals surface area contributed by atoms with Crippen LogP contribution in [0.25, 0.3) is 22.2 Å². The number of fused-ring (bicyclic) bond motifs is 1. The Morgan fingerprint density at radius 3 is 2.71 bits per heavy atom. The lowest BCUT2D eigenvalue weighted by atomic mass is 10.1. The van der Waals surface area contributed by atoms with Gasteiger partial charge in [0.1, 0.15) is 11.6 Å². The Balaban J connectivity index is 1.49. The molecular weight excluding hydrogens is 447 g/mol. The number of rotatable bonds is 6. The van der Waals surface area contributed by atoms with Crippen LogP contribution in [-0.4, -0.2) is 46.3 Å². The van der Waals surface area contributed by atoms with Crippen LogP contribution in [-0.2, 0) is 6.54 Å². The van der Waals surface area contributed by atoms with Crippen LogP contribution in [0, 0.1) is 5.82 Å². The molecule has 5 rings (SSSR count). The van der Waals surface area contributed by atoms with Gasteiger partial charge in [-0.15, -0.1) is 0 Å². The van der Waals surface area contributed by atoms with E-state index in [-0.39, 0.29) is 17.5 Å². The minimum atomic E-state index is -0.380. The normalized spacial score (nSPS) is 14.4. The molecule has 0 saturated carbocycles. The van der Waals surface area contributed by atoms with Gasteiger partial charge in [0.05, 0.1) is 40.3 Å². The fraction of sp³-hybridized carbons (Fsp3) is 0.269. The number of aromatic amines is 1. The second-order valence-electron chi connectivity index (χ2n) is 8.71. The second-order valence-corrected chi connectivity index (χ2v) is 8.71. The van der Waals surface area contributed by atoms with Crippen molar-refractivity contribution in [3.63, 3.8) is 0 Å². The fourth-order valence-electron chi connectivity index (χ4n) is 4.42. The Morgan fingerprint density at radius 1 is 1.17 bits per heavy atom. The Kier molecular flexibility index (Phi) is 6.43. The third kappa shape index (κ3) is 4.87. The molecule has 180 valence electrons. The van der Waals surface area contributed by atoms with E-state index in [2.05, 4.69) is 30.5 Å². The number of anilines is 3. The molecule has 0 bridgehead atoms. The molecule has 35 heavy (non-hydrogen) atoms. The van der Waals surface area contributed by atoms with Crippen LogP contribution < -0.4 is 21.1 Å². The molecule has 1 fully saturated rings. The molecule has 4 aromatic rings. The Labute approximate surface area is 201 Å². The summed E-state index contributed by atoms with van der Waals surface area (Å²) >= 11 is 0. The summed E-state index contributed by atoms with van der Waals surface area (Å²) in [5.74, 6) is 0.173. The lowest BCUT2D eigenvalue weighted by Gasteiger charge is -2.31. The highest BCUT2D eigenvalue weighted by Gasteiger charge is 2.18. The summed E-state index contributed by atoms with van der Waals surface area (Å²) < 4.78 is 15.0. The average molecular weight is 475 g/mol. The average Bonchev–Trinajstić information content (AvgIpc) is 2.85. The number of halogens is 1. The number of aromatic nitrogens is 3. The molecular formula is C26H27FN6O2. The molecule has 9 heteroatoms. The molecule has 1 aromatic carbocycles.